The third kappa shape index (κ3) is 6.52. The van der Waals surface area contributed by atoms with Crippen molar-refractivity contribution in [2.24, 2.45) is 5.73 Å². The molecule has 0 aliphatic carbocycles. The number of methoxy groups -OCH3 is 1. The van der Waals surface area contributed by atoms with Crippen molar-refractivity contribution in [2.45, 2.75) is 50.6 Å². The molecule has 0 bridgehead atoms. The van der Waals surface area contributed by atoms with E-state index in [1.165, 1.54) is 16.6 Å². The van der Waals surface area contributed by atoms with Gasteiger partial charge in [-0.15, -0.1) is 0 Å². The number of phenolic OH excluding ortho intramolecular Hbond substituents is 1. The van der Waals surface area contributed by atoms with E-state index in [0.29, 0.717) is 18.8 Å². The van der Waals surface area contributed by atoms with Gasteiger partial charge in [-0.05, 0) is 72.0 Å². The summed E-state index contributed by atoms with van der Waals surface area (Å²) in [4.78, 5) is 15.3. The Kier molecular flexibility index (Phi) is 8.64. The van der Waals surface area contributed by atoms with Gasteiger partial charge in [0, 0.05) is 62.9 Å². The van der Waals surface area contributed by atoms with E-state index in [1.807, 2.05) is 17.0 Å². The molecule has 3 aromatic carbocycles. The number of para-hydroxylation sites is 1. The number of hydrogen-bond acceptors (Lipinski definition) is 4. The lowest BCUT2D eigenvalue weighted by atomic mass is 9.93. The molecule has 1 aromatic heterocycles. The molecule has 1 aliphatic rings. The number of nitrogens with two attached hydrogens (primary N) is 1. The quantitative estimate of drug-likeness (QED) is 0.260. The fourth-order valence-electron chi connectivity index (χ4n) is 5.85. The van der Waals surface area contributed by atoms with Crippen LogP contribution in [-0.2, 0) is 22.5 Å². The van der Waals surface area contributed by atoms with Crippen LogP contribution in [0.2, 0.25) is 0 Å². The first-order valence-corrected chi connectivity index (χ1v) is 14.0. The number of nitrogens with zero attached hydrogens (tertiary/aromatic N) is 2. The zero-order valence-corrected chi connectivity index (χ0v) is 22.8. The van der Waals surface area contributed by atoms with Crippen molar-refractivity contribution < 1.29 is 14.6 Å². The summed E-state index contributed by atoms with van der Waals surface area (Å²) in [5.74, 6) is 0.728. The predicted octanol–water partition coefficient (Wildman–Crippen LogP) is 5.72. The number of ether oxygens (including phenoxy) is 1. The Bertz CT molecular complexity index is 1380. The van der Waals surface area contributed by atoms with Crippen molar-refractivity contribution in [2.75, 3.05) is 26.8 Å². The minimum Gasteiger partial charge on any atom is -0.508 e. The highest BCUT2D eigenvalue weighted by Crippen LogP contribution is 2.32. The van der Waals surface area contributed by atoms with E-state index in [-0.39, 0.29) is 17.7 Å². The van der Waals surface area contributed by atoms with E-state index < -0.39 is 0 Å². The zero-order valence-electron chi connectivity index (χ0n) is 22.8. The number of aryl methyl sites for hydroxylation is 1. The molecule has 1 fully saturated rings. The van der Waals surface area contributed by atoms with Crippen molar-refractivity contribution in [3.8, 4) is 16.9 Å². The molecule has 4 aromatic rings. The number of benzene rings is 3. The highest BCUT2D eigenvalue weighted by Gasteiger charge is 2.28. The van der Waals surface area contributed by atoms with Crippen molar-refractivity contribution in [3.63, 3.8) is 0 Å². The smallest absolute Gasteiger partial charge is 0.224 e. The predicted molar refractivity (Wildman–Crippen MR) is 157 cm³/mol. The van der Waals surface area contributed by atoms with Crippen LogP contribution in [0.25, 0.3) is 22.0 Å². The number of piperidine rings is 1. The summed E-state index contributed by atoms with van der Waals surface area (Å²) in [6.45, 7) is 3.19. The summed E-state index contributed by atoms with van der Waals surface area (Å²) >= 11 is 0. The van der Waals surface area contributed by atoms with Gasteiger partial charge in [-0.25, -0.2) is 0 Å². The van der Waals surface area contributed by atoms with Crippen LogP contribution in [0.15, 0.2) is 78.9 Å². The van der Waals surface area contributed by atoms with E-state index in [4.69, 9.17) is 10.5 Å². The van der Waals surface area contributed by atoms with Gasteiger partial charge >= 0.3 is 0 Å². The molecule has 1 amide bonds. The molecule has 5 rings (SSSR count). The molecule has 1 saturated heterocycles. The summed E-state index contributed by atoms with van der Waals surface area (Å²) < 4.78 is 7.74. The molecular formula is C33H39N3O3. The number of aromatic nitrogens is 1. The SMILES string of the molecule is COCCCn1c(C2CCCN(C(=O)C[C@H](N)Cc3ccc(-c4ccc(O)cc4)cc3)C2)cc2ccccc21. The molecule has 1 aliphatic heterocycles. The van der Waals surface area contributed by atoms with Crippen molar-refractivity contribution in [1.82, 2.24) is 9.47 Å². The molecule has 0 radical (unpaired) electrons. The summed E-state index contributed by atoms with van der Waals surface area (Å²) in [5, 5.41) is 10.8. The van der Waals surface area contributed by atoms with E-state index in [0.717, 1.165) is 62.2 Å². The summed E-state index contributed by atoms with van der Waals surface area (Å²) in [5.41, 5.74) is 12.3. The van der Waals surface area contributed by atoms with Gasteiger partial charge < -0.3 is 25.0 Å². The van der Waals surface area contributed by atoms with E-state index in [2.05, 4.69) is 59.2 Å². The van der Waals surface area contributed by atoms with Crippen LogP contribution >= 0.6 is 0 Å². The molecular weight excluding hydrogens is 486 g/mol. The lowest BCUT2D eigenvalue weighted by Crippen LogP contribution is -2.42. The van der Waals surface area contributed by atoms with Gasteiger partial charge in [-0.1, -0.05) is 54.6 Å². The molecule has 2 atom stereocenters. The van der Waals surface area contributed by atoms with Gasteiger partial charge in [-0.2, -0.15) is 0 Å². The molecule has 204 valence electrons. The second-order valence-electron chi connectivity index (χ2n) is 10.7. The van der Waals surface area contributed by atoms with E-state index in [9.17, 15) is 9.90 Å². The maximum atomic E-state index is 13.3. The van der Waals surface area contributed by atoms with Gasteiger partial charge in [0.05, 0.1) is 0 Å². The molecule has 2 heterocycles. The molecule has 0 spiro atoms. The number of amides is 1. The maximum Gasteiger partial charge on any atom is 0.224 e. The lowest BCUT2D eigenvalue weighted by molar-refractivity contribution is -0.132. The normalized spacial score (nSPS) is 16.5. The van der Waals surface area contributed by atoms with Crippen molar-refractivity contribution >= 4 is 16.8 Å². The van der Waals surface area contributed by atoms with E-state index in [1.54, 1.807) is 19.2 Å². The Morgan fingerprint density at radius 3 is 2.51 bits per heavy atom. The Labute approximate surface area is 231 Å². The largest absolute Gasteiger partial charge is 0.508 e. The van der Waals surface area contributed by atoms with Crippen molar-refractivity contribution in [3.05, 3.63) is 90.1 Å². The fourth-order valence-corrected chi connectivity index (χ4v) is 5.85. The Hall–Kier alpha value is -3.61. The van der Waals surface area contributed by atoms with Crippen LogP contribution in [0.1, 0.15) is 42.9 Å². The zero-order chi connectivity index (χ0) is 27.2. The summed E-state index contributed by atoms with van der Waals surface area (Å²) in [6.07, 6.45) is 4.06. The average Bonchev–Trinajstić information content (AvgIpc) is 3.33. The number of phenols is 1. The lowest BCUT2D eigenvalue weighted by Gasteiger charge is -2.34. The highest BCUT2D eigenvalue weighted by molar-refractivity contribution is 5.82. The molecule has 0 saturated carbocycles. The second-order valence-corrected chi connectivity index (χ2v) is 10.7. The topological polar surface area (TPSA) is 80.7 Å². The van der Waals surface area contributed by atoms with Crippen LogP contribution < -0.4 is 5.73 Å². The number of aromatic hydroxyl groups is 1. The molecule has 39 heavy (non-hydrogen) atoms. The monoisotopic (exact) mass is 525 g/mol. The van der Waals surface area contributed by atoms with Crippen LogP contribution in [0, 0.1) is 0 Å². The van der Waals surface area contributed by atoms with Crippen molar-refractivity contribution in [1.29, 1.82) is 0 Å². The number of likely N-dealkylation sites (tertiary alicyclic amines) is 1. The average molecular weight is 526 g/mol. The first kappa shape index (κ1) is 27.0. The minimum atomic E-state index is -0.224. The standard InChI is InChI=1S/C33H39N3O3/c1-39-19-5-18-36-31-8-3-2-6-27(31)21-32(36)28-7-4-17-35(23-28)33(38)22-29(34)20-24-9-11-25(12-10-24)26-13-15-30(37)16-14-26/h2-3,6,8-16,21,28-29,37H,4-5,7,17-20,22-23,34H2,1H3/t28?,29-/m1/s1. The van der Waals surface area contributed by atoms with Crippen LogP contribution in [0.3, 0.4) is 0 Å². The number of hydrogen-bond donors (Lipinski definition) is 2. The third-order valence-corrected chi connectivity index (χ3v) is 7.85. The molecule has 6 heteroatoms. The van der Waals surface area contributed by atoms with Crippen LogP contribution in [0.5, 0.6) is 5.75 Å². The molecule has 6 nitrogen and oxygen atoms in total. The first-order valence-electron chi connectivity index (χ1n) is 14.0. The Morgan fingerprint density at radius 1 is 1.05 bits per heavy atom. The Balaban J connectivity index is 1.21. The third-order valence-electron chi connectivity index (χ3n) is 7.85. The molecule has 1 unspecified atom stereocenters. The van der Waals surface area contributed by atoms with E-state index >= 15 is 0 Å². The number of rotatable bonds is 10. The first-order chi connectivity index (χ1) is 19.0. The molecule has 3 N–H and O–H groups in total. The number of fused-ring (bicyclic) bond motifs is 1. The number of carbonyl (C=O) groups is 1. The highest BCUT2D eigenvalue weighted by atomic mass is 16.5. The number of carbonyl (C=O) groups excluding carboxylic acids is 1. The summed E-state index contributed by atoms with van der Waals surface area (Å²) in [6, 6.07) is 26.1. The van der Waals surface area contributed by atoms with Gasteiger partial charge in [-0.3, -0.25) is 4.79 Å². The van der Waals surface area contributed by atoms with Crippen LogP contribution in [-0.4, -0.2) is 53.3 Å². The van der Waals surface area contributed by atoms with Gasteiger partial charge in [0.15, 0.2) is 0 Å². The fraction of sp³-hybridized carbons (Fsp3) is 0.364. The van der Waals surface area contributed by atoms with Gasteiger partial charge in [0.25, 0.3) is 0 Å². The second kappa shape index (κ2) is 12.5. The van der Waals surface area contributed by atoms with Crippen LogP contribution in [0.4, 0.5) is 0 Å². The summed E-state index contributed by atoms with van der Waals surface area (Å²) in [7, 11) is 1.75. The Morgan fingerprint density at radius 2 is 1.77 bits per heavy atom. The minimum absolute atomic E-state index is 0.148. The van der Waals surface area contributed by atoms with Gasteiger partial charge in [0.1, 0.15) is 5.75 Å². The van der Waals surface area contributed by atoms with Gasteiger partial charge in [0.2, 0.25) is 5.91 Å². The maximum absolute atomic E-state index is 13.3.